The largest absolute Gasteiger partial charge is 0.573 e. The minimum Gasteiger partial charge on any atom is -0.487 e. The molecule has 2 bridgehead atoms. The van der Waals surface area contributed by atoms with E-state index in [0.717, 1.165) is 73.4 Å². The topological polar surface area (TPSA) is 73.9 Å². The maximum absolute atomic E-state index is 13.6. The molecule has 3 aromatic rings. The molecule has 2 aliphatic heterocycles. The Labute approximate surface area is 291 Å². The Morgan fingerprint density at radius 2 is 1.80 bits per heavy atom. The van der Waals surface area contributed by atoms with Gasteiger partial charge in [-0.2, -0.15) is 0 Å². The lowest BCUT2D eigenvalue weighted by atomic mass is 9.51. The molecule has 7 nitrogen and oxygen atoms in total. The number of anilines is 1. The quantitative estimate of drug-likeness (QED) is 0.0769. The van der Waals surface area contributed by atoms with Crippen molar-refractivity contribution in [3.05, 3.63) is 94.7 Å². The number of carbonyl (C=O) groups excluding carboxylic acids is 2. The number of nitrogens with zero attached hydrogens (tertiary/aromatic N) is 1. The van der Waals surface area contributed by atoms with Crippen LogP contribution in [0.25, 0.3) is 6.08 Å². The fourth-order valence-electron chi connectivity index (χ4n) is 9.74. The van der Waals surface area contributed by atoms with Crippen LogP contribution in [-0.2, 0) is 32.6 Å². The van der Waals surface area contributed by atoms with Crippen molar-refractivity contribution in [2.75, 3.05) is 25.0 Å². The van der Waals surface area contributed by atoms with Crippen molar-refractivity contribution in [2.24, 2.45) is 11.8 Å². The van der Waals surface area contributed by atoms with E-state index in [2.05, 4.69) is 48.2 Å². The fraction of sp³-hybridized carbons (Fsp3) is 0.450. The molecule has 1 spiro atoms. The lowest BCUT2D eigenvalue weighted by Gasteiger charge is -2.62. The normalized spacial score (nSPS) is 26.5. The van der Waals surface area contributed by atoms with Gasteiger partial charge in [-0.15, -0.1) is 13.2 Å². The Hall–Kier alpha value is -4.31. The van der Waals surface area contributed by atoms with Gasteiger partial charge in [0, 0.05) is 55.2 Å². The summed E-state index contributed by atoms with van der Waals surface area (Å²) >= 11 is 0. The number of alkyl halides is 3. The molecular weight excluding hydrogens is 645 g/mol. The van der Waals surface area contributed by atoms with Crippen LogP contribution in [0, 0.1) is 11.8 Å². The number of rotatable bonds is 10. The number of piperidine rings is 1. The highest BCUT2D eigenvalue weighted by Crippen LogP contribution is 2.66. The van der Waals surface area contributed by atoms with Crippen LogP contribution in [0.2, 0.25) is 0 Å². The Bertz CT molecular complexity index is 1790. The van der Waals surface area contributed by atoms with E-state index in [1.54, 1.807) is 36.4 Å². The van der Waals surface area contributed by atoms with Crippen LogP contribution in [-0.4, -0.2) is 54.5 Å². The SMILES string of the molecule is CC(=O)Oc1cc(NC(=O)C(=Cc2ccccc2)OC(F)(F)F)c2c3c1C[C@@H]1[C@@H]4CCC[C@H](O2)[C@]34CC[N+]1(CCc1ccccc1)CC(C)C. The van der Waals surface area contributed by atoms with Crippen molar-refractivity contribution in [3.8, 4) is 11.5 Å². The molecule has 2 heterocycles. The highest BCUT2D eigenvalue weighted by molar-refractivity contribution is 6.06. The Kier molecular flexibility index (Phi) is 8.95. The molecule has 3 aromatic carbocycles. The minimum absolute atomic E-state index is 0.151. The second-order valence-corrected chi connectivity index (χ2v) is 14.8. The van der Waals surface area contributed by atoms with Gasteiger partial charge in [0.15, 0.2) is 5.76 Å². The first-order chi connectivity index (χ1) is 23.9. The van der Waals surface area contributed by atoms with Crippen LogP contribution < -0.4 is 14.8 Å². The Morgan fingerprint density at radius 3 is 2.48 bits per heavy atom. The zero-order valence-electron chi connectivity index (χ0n) is 28.7. The van der Waals surface area contributed by atoms with Gasteiger partial charge in [0.05, 0.1) is 36.8 Å². The second-order valence-electron chi connectivity index (χ2n) is 14.8. The summed E-state index contributed by atoms with van der Waals surface area (Å²) in [6.07, 6.45) is 1.18. The number of benzene rings is 3. The van der Waals surface area contributed by atoms with E-state index in [0.29, 0.717) is 35.3 Å². The van der Waals surface area contributed by atoms with E-state index in [9.17, 15) is 22.8 Å². The lowest BCUT2D eigenvalue weighted by Crippen LogP contribution is -2.72. The van der Waals surface area contributed by atoms with Crippen molar-refractivity contribution in [1.29, 1.82) is 0 Å². The van der Waals surface area contributed by atoms with E-state index in [1.807, 2.05) is 6.07 Å². The molecule has 50 heavy (non-hydrogen) atoms. The molecule has 0 radical (unpaired) electrons. The summed E-state index contributed by atoms with van der Waals surface area (Å²) in [4.78, 5) is 26.2. The zero-order chi connectivity index (χ0) is 35.3. The van der Waals surface area contributed by atoms with Gasteiger partial charge in [0.25, 0.3) is 5.91 Å². The molecule has 1 unspecified atom stereocenters. The van der Waals surface area contributed by atoms with Gasteiger partial charge >= 0.3 is 12.3 Å². The Morgan fingerprint density at radius 1 is 1.08 bits per heavy atom. The monoisotopic (exact) mass is 689 g/mol. The molecule has 264 valence electrons. The second kappa shape index (κ2) is 13.1. The highest BCUT2D eigenvalue weighted by atomic mass is 19.4. The molecule has 7 rings (SSSR count). The van der Waals surface area contributed by atoms with E-state index in [4.69, 9.17) is 9.47 Å². The molecule has 1 N–H and O–H groups in total. The molecule has 10 heteroatoms. The van der Waals surface area contributed by atoms with Crippen LogP contribution in [0.4, 0.5) is 18.9 Å². The van der Waals surface area contributed by atoms with Crippen molar-refractivity contribution < 1.29 is 41.5 Å². The van der Waals surface area contributed by atoms with Crippen LogP contribution >= 0.6 is 0 Å². The third-order valence-electron chi connectivity index (χ3n) is 11.3. The highest BCUT2D eigenvalue weighted by Gasteiger charge is 2.68. The zero-order valence-corrected chi connectivity index (χ0v) is 28.7. The average Bonchev–Trinajstić information content (AvgIpc) is 3.40. The summed E-state index contributed by atoms with van der Waals surface area (Å²) < 4.78 is 58.5. The van der Waals surface area contributed by atoms with Gasteiger partial charge in [-0.25, -0.2) is 0 Å². The number of hydrogen-bond acceptors (Lipinski definition) is 5. The van der Waals surface area contributed by atoms with Crippen LogP contribution in [0.1, 0.15) is 68.7 Å². The molecule has 5 atom stereocenters. The molecular formula is C40H44F3N2O5+. The number of carbonyl (C=O) groups is 2. The number of amides is 1. The van der Waals surface area contributed by atoms with Crippen molar-refractivity contribution in [3.63, 3.8) is 0 Å². The summed E-state index contributed by atoms with van der Waals surface area (Å²) in [5, 5.41) is 2.67. The van der Waals surface area contributed by atoms with Gasteiger partial charge in [-0.3, -0.25) is 9.59 Å². The predicted molar refractivity (Wildman–Crippen MR) is 183 cm³/mol. The maximum atomic E-state index is 13.6. The van der Waals surface area contributed by atoms with Crippen LogP contribution in [0.15, 0.2) is 72.5 Å². The van der Waals surface area contributed by atoms with Crippen molar-refractivity contribution in [1.82, 2.24) is 0 Å². The number of hydrogen-bond donors (Lipinski definition) is 1. The van der Waals surface area contributed by atoms with Crippen molar-refractivity contribution >= 4 is 23.6 Å². The van der Waals surface area contributed by atoms with Gasteiger partial charge < -0.3 is 24.0 Å². The molecule has 1 saturated carbocycles. The summed E-state index contributed by atoms with van der Waals surface area (Å²) in [6.45, 7) is 8.90. The van der Waals surface area contributed by atoms with Crippen LogP contribution in [0.3, 0.4) is 0 Å². The first kappa shape index (κ1) is 34.2. The molecule has 2 aliphatic carbocycles. The van der Waals surface area contributed by atoms with Gasteiger partial charge in [-0.05, 0) is 36.5 Å². The first-order valence-electron chi connectivity index (χ1n) is 17.7. The van der Waals surface area contributed by atoms with Gasteiger partial charge in [0.2, 0.25) is 0 Å². The van der Waals surface area contributed by atoms with Gasteiger partial charge in [0.1, 0.15) is 17.6 Å². The van der Waals surface area contributed by atoms with Gasteiger partial charge in [-0.1, -0.05) is 74.5 Å². The average molecular weight is 690 g/mol. The molecule has 1 saturated heterocycles. The summed E-state index contributed by atoms with van der Waals surface area (Å²) in [6, 6.07) is 20.6. The van der Waals surface area contributed by atoms with E-state index in [1.165, 1.54) is 12.5 Å². The lowest BCUT2D eigenvalue weighted by molar-refractivity contribution is -0.964. The summed E-state index contributed by atoms with van der Waals surface area (Å²) in [5.74, 6) is -0.953. The summed E-state index contributed by atoms with van der Waals surface area (Å²) in [5.41, 5.74) is 3.37. The third kappa shape index (κ3) is 6.27. The van der Waals surface area contributed by atoms with Crippen molar-refractivity contribution in [2.45, 2.75) is 83.2 Å². The third-order valence-corrected chi connectivity index (χ3v) is 11.3. The molecule has 1 amide bonds. The maximum Gasteiger partial charge on any atom is 0.573 e. The Balaban J connectivity index is 1.32. The number of ether oxygens (including phenoxy) is 3. The number of halogens is 3. The number of esters is 1. The summed E-state index contributed by atoms with van der Waals surface area (Å²) in [7, 11) is 0. The van der Waals surface area contributed by atoms with E-state index in [-0.39, 0.29) is 23.2 Å². The minimum atomic E-state index is -5.09. The molecule has 0 aromatic heterocycles. The van der Waals surface area contributed by atoms with E-state index < -0.39 is 24.0 Å². The number of likely N-dealkylation sites (tertiary alicyclic amines) is 1. The molecule has 4 aliphatic rings. The standard InChI is InChI=1S/C40H43F3N2O5/c1-25(2)24-45(19-17-27-11-6-4-7-12-27)20-18-39-30-15-10-16-35(39)49-37-31(23-33(48-26(3)46)29(36(37)39)22-32(30)45)44-38(47)34(50-40(41,42)43)21-28-13-8-5-9-14-28/h4-9,11-14,21,23,25,30,32,35H,10,15-20,22,24H2,1-3H3/p+1/t30-,32+,35-,39+,45?/m0/s1. The smallest absolute Gasteiger partial charge is 0.487 e. The first-order valence-corrected chi connectivity index (χ1v) is 17.7. The number of quaternary nitrogens is 1. The fourth-order valence-corrected chi connectivity index (χ4v) is 9.74. The molecule has 2 fully saturated rings. The van der Waals surface area contributed by atoms with Crippen LogP contribution in [0.5, 0.6) is 11.5 Å². The van der Waals surface area contributed by atoms with E-state index >= 15 is 0 Å². The predicted octanol–water partition coefficient (Wildman–Crippen LogP) is 7.97. The number of nitrogens with one attached hydrogen (secondary N) is 1.